The van der Waals surface area contributed by atoms with Crippen LogP contribution in [-0.2, 0) is 26.0 Å². The number of aryl methyl sites for hydroxylation is 1. The lowest BCUT2D eigenvalue weighted by molar-refractivity contribution is -0.141. The van der Waals surface area contributed by atoms with Gasteiger partial charge in [-0.25, -0.2) is 13.1 Å². The first kappa shape index (κ1) is 24.1. The second-order valence-electron chi connectivity index (χ2n) is 7.07. The van der Waals surface area contributed by atoms with E-state index in [1.165, 1.54) is 11.0 Å². The molecule has 3 N–H and O–H groups in total. The largest absolute Gasteiger partial charge is 0.399 e. The lowest BCUT2D eigenvalue weighted by Crippen LogP contribution is -2.45. The Morgan fingerprint density at radius 1 is 1.03 bits per heavy atom. The highest BCUT2D eigenvalue weighted by Crippen LogP contribution is 2.16. The maximum Gasteiger partial charge on any atom is 0.257 e. The Bertz CT molecular complexity index is 999. The second-order valence-corrected chi connectivity index (χ2v) is 8.63. The van der Waals surface area contributed by atoms with E-state index in [1.807, 2.05) is 36.8 Å². The minimum absolute atomic E-state index is 0.184. The fraction of sp³-hybridized carbons (Fsp3) is 0.304. The molecule has 7 nitrogen and oxygen atoms in total. The monoisotopic (exact) mass is 443 g/mol. The predicted molar refractivity (Wildman–Crippen MR) is 123 cm³/mol. The Kier molecular flexibility index (Phi) is 8.81. The van der Waals surface area contributed by atoms with E-state index in [1.54, 1.807) is 36.4 Å². The van der Waals surface area contributed by atoms with Gasteiger partial charge in [-0.15, -0.1) is 0 Å². The number of nitrogens with two attached hydrogens (primary N) is 1. The molecule has 0 spiro atoms. The summed E-state index contributed by atoms with van der Waals surface area (Å²) < 4.78 is 26.8. The van der Waals surface area contributed by atoms with Crippen molar-refractivity contribution in [2.24, 2.45) is 5.92 Å². The first-order chi connectivity index (χ1) is 14.8. The van der Waals surface area contributed by atoms with Gasteiger partial charge in [-0.05, 0) is 56.0 Å². The van der Waals surface area contributed by atoms with Crippen LogP contribution in [0.1, 0.15) is 31.4 Å². The third kappa shape index (κ3) is 7.57. The fourth-order valence-electron chi connectivity index (χ4n) is 3.10. The summed E-state index contributed by atoms with van der Waals surface area (Å²) in [6.45, 7) is 4.49. The molecule has 0 heterocycles. The number of anilines is 1. The van der Waals surface area contributed by atoms with Gasteiger partial charge in [-0.2, -0.15) is 0 Å². The highest BCUT2D eigenvalue weighted by Gasteiger charge is 2.31. The quantitative estimate of drug-likeness (QED) is 0.433. The van der Waals surface area contributed by atoms with Gasteiger partial charge in [-0.3, -0.25) is 9.59 Å². The molecule has 0 saturated carbocycles. The number of nitrogens with zero attached hydrogens (tertiary/aromatic N) is 1. The summed E-state index contributed by atoms with van der Waals surface area (Å²) in [4.78, 5) is 27.3. The number of carbonyl (C=O) groups excluding carboxylic acids is 2. The van der Waals surface area contributed by atoms with Crippen molar-refractivity contribution in [2.45, 2.75) is 26.7 Å². The minimum Gasteiger partial charge on any atom is -0.399 e. The molecular weight excluding hydrogens is 414 g/mol. The summed E-state index contributed by atoms with van der Waals surface area (Å²) in [6, 6.07) is 16.0. The van der Waals surface area contributed by atoms with E-state index in [4.69, 9.17) is 5.73 Å². The van der Waals surface area contributed by atoms with Crippen molar-refractivity contribution in [1.29, 1.82) is 0 Å². The van der Waals surface area contributed by atoms with Gasteiger partial charge < -0.3 is 10.6 Å². The van der Waals surface area contributed by atoms with Crippen LogP contribution in [0.15, 0.2) is 60.0 Å². The van der Waals surface area contributed by atoms with Gasteiger partial charge in [0.2, 0.25) is 11.8 Å². The lowest BCUT2D eigenvalue weighted by Gasteiger charge is -2.24. The van der Waals surface area contributed by atoms with Gasteiger partial charge in [0.25, 0.3) is 10.0 Å². The van der Waals surface area contributed by atoms with Crippen LogP contribution in [-0.4, -0.2) is 38.2 Å². The number of sulfonamides is 1. The average molecular weight is 444 g/mol. The highest BCUT2D eigenvalue weighted by atomic mass is 32.2. The molecule has 8 heteroatoms. The molecule has 2 rings (SSSR count). The van der Waals surface area contributed by atoms with Crippen molar-refractivity contribution < 1.29 is 18.0 Å². The second kappa shape index (κ2) is 11.3. The SMILES string of the molecule is CCN(CC)C(=O)C(CCc1ccc(N)cc1)C(=O)NS(=O)(=O)/C=C/c1ccccc1. The minimum atomic E-state index is -4.05. The Balaban J connectivity index is 2.16. The van der Waals surface area contributed by atoms with E-state index in [-0.39, 0.29) is 12.3 Å². The number of amides is 2. The van der Waals surface area contributed by atoms with Gasteiger partial charge in [-0.1, -0.05) is 42.5 Å². The van der Waals surface area contributed by atoms with E-state index in [9.17, 15) is 18.0 Å². The van der Waals surface area contributed by atoms with E-state index < -0.39 is 21.8 Å². The van der Waals surface area contributed by atoms with Crippen LogP contribution in [0.4, 0.5) is 5.69 Å². The van der Waals surface area contributed by atoms with Gasteiger partial charge >= 0.3 is 0 Å². The molecule has 0 saturated heterocycles. The number of rotatable bonds is 10. The molecule has 0 radical (unpaired) electrons. The molecular formula is C23H29N3O4S. The smallest absolute Gasteiger partial charge is 0.257 e. The topological polar surface area (TPSA) is 110 Å². The lowest BCUT2D eigenvalue weighted by atomic mass is 9.97. The molecule has 0 aromatic heterocycles. The Hall–Kier alpha value is -3.13. The maximum absolute atomic E-state index is 12.9. The van der Waals surface area contributed by atoms with Crippen molar-refractivity contribution in [3.8, 4) is 0 Å². The Morgan fingerprint density at radius 2 is 1.65 bits per heavy atom. The summed E-state index contributed by atoms with van der Waals surface area (Å²) in [5, 5.41) is 0.930. The number of benzene rings is 2. The first-order valence-corrected chi connectivity index (χ1v) is 11.7. The number of hydrogen-bond acceptors (Lipinski definition) is 5. The van der Waals surface area contributed by atoms with Crippen LogP contribution in [0.2, 0.25) is 0 Å². The normalized spacial score (nSPS) is 12.5. The van der Waals surface area contributed by atoms with Crippen LogP contribution in [0.5, 0.6) is 0 Å². The molecule has 31 heavy (non-hydrogen) atoms. The van der Waals surface area contributed by atoms with Crippen LogP contribution < -0.4 is 10.5 Å². The van der Waals surface area contributed by atoms with Crippen LogP contribution in [0.25, 0.3) is 6.08 Å². The number of carbonyl (C=O) groups is 2. The number of hydrogen-bond donors (Lipinski definition) is 2. The van der Waals surface area contributed by atoms with E-state index in [0.717, 1.165) is 11.0 Å². The summed E-state index contributed by atoms with van der Waals surface area (Å²) in [6.07, 6.45) is 2.01. The van der Waals surface area contributed by atoms with Gasteiger partial charge in [0.05, 0.1) is 5.41 Å². The molecule has 1 atom stereocenters. The zero-order valence-electron chi connectivity index (χ0n) is 17.8. The van der Waals surface area contributed by atoms with Crippen molar-refractivity contribution in [3.63, 3.8) is 0 Å². The Labute approximate surface area is 184 Å². The van der Waals surface area contributed by atoms with Crippen molar-refractivity contribution in [2.75, 3.05) is 18.8 Å². The van der Waals surface area contributed by atoms with Crippen molar-refractivity contribution in [3.05, 3.63) is 71.1 Å². The Morgan fingerprint density at radius 3 is 2.23 bits per heavy atom. The standard InChI is InChI=1S/C23H29N3O4S/c1-3-26(4-2)23(28)21(15-12-19-10-13-20(24)14-11-19)22(27)25-31(29,30)17-16-18-8-6-5-7-9-18/h5-11,13-14,16-17,21H,3-4,12,15,24H2,1-2H3,(H,25,27)/b17-16+. The van der Waals surface area contributed by atoms with Crippen LogP contribution in [0, 0.1) is 5.92 Å². The van der Waals surface area contributed by atoms with Crippen molar-refractivity contribution in [1.82, 2.24) is 9.62 Å². The van der Waals surface area contributed by atoms with Gasteiger partial charge in [0.1, 0.15) is 5.92 Å². The van der Waals surface area contributed by atoms with E-state index in [0.29, 0.717) is 30.8 Å². The zero-order valence-corrected chi connectivity index (χ0v) is 18.6. The maximum atomic E-state index is 12.9. The third-order valence-electron chi connectivity index (χ3n) is 4.87. The fourth-order valence-corrected chi connectivity index (χ4v) is 3.92. The summed E-state index contributed by atoms with van der Waals surface area (Å²) in [7, 11) is -4.05. The summed E-state index contributed by atoms with van der Waals surface area (Å²) >= 11 is 0. The predicted octanol–water partition coefficient (Wildman–Crippen LogP) is 2.80. The molecule has 1 unspecified atom stereocenters. The third-order valence-corrected chi connectivity index (χ3v) is 5.85. The van der Waals surface area contributed by atoms with E-state index in [2.05, 4.69) is 0 Å². The van der Waals surface area contributed by atoms with Gasteiger partial charge in [0.15, 0.2) is 0 Å². The number of nitrogens with one attached hydrogen (secondary N) is 1. The molecule has 0 aliphatic heterocycles. The molecule has 2 aromatic rings. The molecule has 0 aliphatic carbocycles. The number of nitrogen functional groups attached to an aromatic ring is 1. The summed E-state index contributed by atoms with van der Waals surface area (Å²) in [5.74, 6) is -2.33. The van der Waals surface area contributed by atoms with Crippen LogP contribution >= 0.6 is 0 Å². The molecule has 0 bridgehead atoms. The summed E-state index contributed by atoms with van der Waals surface area (Å²) in [5.41, 5.74) is 7.90. The molecule has 2 aromatic carbocycles. The highest BCUT2D eigenvalue weighted by molar-refractivity contribution is 7.93. The van der Waals surface area contributed by atoms with Gasteiger partial charge in [0, 0.05) is 18.8 Å². The van der Waals surface area contributed by atoms with Crippen LogP contribution in [0.3, 0.4) is 0 Å². The average Bonchev–Trinajstić information content (AvgIpc) is 2.75. The first-order valence-electron chi connectivity index (χ1n) is 10.2. The molecule has 0 fully saturated rings. The molecule has 0 aliphatic rings. The molecule has 2 amide bonds. The zero-order chi connectivity index (χ0) is 22.9. The van der Waals surface area contributed by atoms with Crippen molar-refractivity contribution >= 4 is 33.6 Å². The van der Waals surface area contributed by atoms with E-state index >= 15 is 0 Å². The molecule has 166 valence electrons.